The average molecular weight is 301 g/mol. The number of hydrogen-bond donors (Lipinski definition) is 2. The van der Waals surface area contributed by atoms with E-state index in [2.05, 4.69) is 22.5 Å². The summed E-state index contributed by atoms with van der Waals surface area (Å²) < 4.78 is 13.1. The number of hydrogen-bond acceptors (Lipinski definition) is 3. The molecule has 1 heterocycles. The predicted octanol–water partition coefficient (Wildman–Crippen LogP) is 4.08. The van der Waals surface area contributed by atoms with Crippen molar-refractivity contribution in [2.45, 2.75) is 26.2 Å². The van der Waals surface area contributed by atoms with Crippen LogP contribution in [0.2, 0.25) is 0 Å². The molecule has 116 valence electrons. The molecule has 0 radical (unpaired) electrons. The van der Waals surface area contributed by atoms with Crippen molar-refractivity contribution >= 4 is 17.3 Å². The lowest BCUT2D eigenvalue weighted by atomic mass is 10.2. The fraction of sp³-hybridized carbons (Fsp3) is 0.294. The highest BCUT2D eigenvalue weighted by Gasteiger charge is 2.08. The van der Waals surface area contributed by atoms with Gasteiger partial charge in [-0.25, -0.2) is 4.39 Å². The lowest BCUT2D eigenvalue weighted by Gasteiger charge is -2.08. The second kappa shape index (κ2) is 8.12. The standard InChI is InChI=1S/C17H20FN3O/c1-2-3-4-8-20-16-9-13(11-19-12-16)17(22)21-15-7-5-6-14(18)10-15/h5-7,9-12,20H,2-4,8H2,1H3,(H,21,22). The Morgan fingerprint density at radius 3 is 2.82 bits per heavy atom. The maximum Gasteiger partial charge on any atom is 0.257 e. The molecule has 2 aromatic rings. The second-order valence-corrected chi connectivity index (χ2v) is 5.06. The van der Waals surface area contributed by atoms with Crippen LogP contribution in [0.4, 0.5) is 15.8 Å². The molecule has 22 heavy (non-hydrogen) atoms. The summed E-state index contributed by atoms with van der Waals surface area (Å²) in [4.78, 5) is 16.2. The Balaban J connectivity index is 1.97. The number of unbranched alkanes of at least 4 members (excludes halogenated alkanes) is 2. The van der Waals surface area contributed by atoms with E-state index in [-0.39, 0.29) is 11.7 Å². The topological polar surface area (TPSA) is 54.0 Å². The largest absolute Gasteiger partial charge is 0.384 e. The molecule has 0 aliphatic carbocycles. The third-order valence-corrected chi connectivity index (χ3v) is 3.19. The van der Waals surface area contributed by atoms with Crippen molar-refractivity contribution in [3.8, 4) is 0 Å². The van der Waals surface area contributed by atoms with Gasteiger partial charge in [0.05, 0.1) is 11.3 Å². The molecule has 0 aliphatic heterocycles. The summed E-state index contributed by atoms with van der Waals surface area (Å²) in [5.74, 6) is -0.697. The molecular weight excluding hydrogens is 281 g/mol. The first-order valence-electron chi connectivity index (χ1n) is 7.45. The highest BCUT2D eigenvalue weighted by molar-refractivity contribution is 6.04. The maximum atomic E-state index is 13.1. The van der Waals surface area contributed by atoms with Crippen molar-refractivity contribution in [3.05, 3.63) is 54.1 Å². The van der Waals surface area contributed by atoms with Crippen molar-refractivity contribution in [3.63, 3.8) is 0 Å². The van der Waals surface area contributed by atoms with Crippen LogP contribution in [-0.4, -0.2) is 17.4 Å². The van der Waals surface area contributed by atoms with Crippen molar-refractivity contribution in [2.75, 3.05) is 17.2 Å². The zero-order chi connectivity index (χ0) is 15.8. The van der Waals surface area contributed by atoms with E-state index in [0.717, 1.165) is 25.1 Å². The van der Waals surface area contributed by atoms with Gasteiger partial charge >= 0.3 is 0 Å². The number of carbonyl (C=O) groups is 1. The number of halogens is 1. The molecule has 0 aliphatic rings. The average Bonchev–Trinajstić information content (AvgIpc) is 2.52. The Morgan fingerprint density at radius 1 is 1.18 bits per heavy atom. The van der Waals surface area contributed by atoms with Gasteiger partial charge in [-0.15, -0.1) is 0 Å². The van der Waals surface area contributed by atoms with Crippen LogP contribution in [0, 0.1) is 5.82 Å². The Labute approximate surface area is 129 Å². The molecule has 0 saturated carbocycles. The van der Waals surface area contributed by atoms with Crippen LogP contribution in [0.5, 0.6) is 0 Å². The monoisotopic (exact) mass is 301 g/mol. The van der Waals surface area contributed by atoms with Crippen LogP contribution >= 0.6 is 0 Å². The number of amides is 1. The van der Waals surface area contributed by atoms with Gasteiger partial charge in [0.2, 0.25) is 0 Å². The van der Waals surface area contributed by atoms with Crippen LogP contribution in [0.1, 0.15) is 36.5 Å². The lowest BCUT2D eigenvalue weighted by molar-refractivity contribution is 0.102. The smallest absolute Gasteiger partial charge is 0.257 e. The Hall–Kier alpha value is -2.43. The predicted molar refractivity (Wildman–Crippen MR) is 86.6 cm³/mol. The van der Waals surface area contributed by atoms with Gasteiger partial charge in [0.1, 0.15) is 5.82 Å². The minimum Gasteiger partial charge on any atom is -0.384 e. The van der Waals surface area contributed by atoms with Crippen molar-refractivity contribution in [2.24, 2.45) is 0 Å². The number of benzene rings is 1. The molecule has 0 fully saturated rings. The Bertz CT molecular complexity index is 631. The number of nitrogens with one attached hydrogen (secondary N) is 2. The van der Waals surface area contributed by atoms with Crippen LogP contribution in [0.15, 0.2) is 42.7 Å². The quantitative estimate of drug-likeness (QED) is 0.758. The summed E-state index contributed by atoms with van der Waals surface area (Å²) in [6, 6.07) is 7.54. The zero-order valence-corrected chi connectivity index (χ0v) is 12.6. The van der Waals surface area contributed by atoms with Gasteiger partial charge in [0.25, 0.3) is 5.91 Å². The molecule has 0 saturated heterocycles. The minimum absolute atomic E-state index is 0.310. The van der Waals surface area contributed by atoms with E-state index in [1.165, 1.54) is 24.8 Å². The summed E-state index contributed by atoms with van der Waals surface area (Å²) in [5.41, 5.74) is 1.67. The molecule has 0 atom stereocenters. The summed E-state index contributed by atoms with van der Waals surface area (Å²) in [6.45, 7) is 3.00. The molecule has 1 aromatic heterocycles. The fourth-order valence-corrected chi connectivity index (χ4v) is 2.04. The highest BCUT2D eigenvalue weighted by Crippen LogP contribution is 2.13. The van der Waals surface area contributed by atoms with E-state index in [4.69, 9.17) is 0 Å². The van der Waals surface area contributed by atoms with Crippen LogP contribution in [-0.2, 0) is 0 Å². The van der Waals surface area contributed by atoms with Gasteiger partial charge in [0, 0.05) is 24.6 Å². The van der Waals surface area contributed by atoms with E-state index in [1.807, 2.05) is 0 Å². The second-order valence-electron chi connectivity index (χ2n) is 5.06. The molecule has 0 unspecified atom stereocenters. The van der Waals surface area contributed by atoms with Gasteiger partial charge in [-0.05, 0) is 30.7 Å². The molecule has 5 heteroatoms. The van der Waals surface area contributed by atoms with Crippen LogP contribution in [0.3, 0.4) is 0 Å². The number of pyridine rings is 1. The SMILES string of the molecule is CCCCCNc1cncc(C(=O)Nc2cccc(F)c2)c1. The van der Waals surface area contributed by atoms with E-state index >= 15 is 0 Å². The molecule has 2 rings (SSSR count). The molecule has 1 amide bonds. The first-order chi connectivity index (χ1) is 10.7. The molecule has 1 aromatic carbocycles. The summed E-state index contributed by atoms with van der Waals surface area (Å²) in [7, 11) is 0. The number of carbonyl (C=O) groups excluding carboxylic acids is 1. The van der Waals surface area contributed by atoms with Crippen molar-refractivity contribution in [1.29, 1.82) is 0 Å². The molecule has 0 spiro atoms. The van der Waals surface area contributed by atoms with Crippen LogP contribution < -0.4 is 10.6 Å². The van der Waals surface area contributed by atoms with Gasteiger partial charge < -0.3 is 10.6 Å². The number of rotatable bonds is 7. The number of anilines is 2. The van der Waals surface area contributed by atoms with E-state index in [0.29, 0.717) is 11.3 Å². The lowest BCUT2D eigenvalue weighted by Crippen LogP contribution is -2.13. The maximum absolute atomic E-state index is 13.1. The fourth-order valence-electron chi connectivity index (χ4n) is 2.04. The zero-order valence-electron chi connectivity index (χ0n) is 12.6. The molecule has 0 bridgehead atoms. The molecular formula is C17H20FN3O. The Kier molecular flexibility index (Phi) is 5.89. The normalized spacial score (nSPS) is 10.3. The van der Waals surface area contributed by atoms with Gasteiger partial charge in [-0.3, -0.25) is 9.78 Å². The molecule has 2 N–H and O–H groups in total. The number of nitrogens with zero attached hydrogens (tertiary/aromatic N) is 1. The van der Waals surface area contributed by atoms with Gasteiger partial charge in [-0.2, -0.15) is 0 Å². The van der Waals surface area contributed by atoms with Crippen LogP contribution in [0.25, 0.3) is 0 Å². The van der Waals surface area contributed by atoms with E-state index in [9.17, 15) is 9.18 Å². The first kappa shape index (κ1) is 15.9. The van der Waals surface area contributed by atoms with Crippen molar-refractivity contribution < 1.29 is 9.18 Å². The van der Waals surface area contributed by atoms with Crippen molar-refractivity contribution in [1.82, 2.24) is 4.98 Å². The highest BCUT2D eigenvalue weighted by atomic mass is 19.1. The van der Waals surface area contributed by atoms with E-state index < -0.39 is 0 Å². The number of aromatic nitrogens is 1. The summed E-state index contributed by atoms with van der Waals surface area (Å²) >= 11 is 0. The summed E-state index contributed by atoms with van der Waals surface area (Å²) in [6.07, 6.45) is 6.59. The summed E-state index contributed by atoms with van der Waals surface area (Å²) in [5, 5.41) is 5.90. The third-order valence-electron chi connectivity index (χ3n) is 3.19. The van der Waals surface area contributed by atoms with Gasteiger partial charge in [-0.1, -0.05) is 25.8 Å². The first-order valence-corrected chi connectivity index (χ1v) is 7.45. The van der Waals surface area contributed by atoms with Gasteiger partial charge in [0.15, 0.2) is 0 Å². The Morgan fingerprint density at radius 2 is 2.05 bits per heavy atom. The molecule has 4 nitrogen and oxygen atoms in total. The minimum atomic E-state index is -0.387. The third kappa shape index (κ3) is 4.84. The van der Waals surface area contributed by atoms with E-state index in [1.54, 1.807) is 24.4 Å².